The van der Waals surface area contributed by atoms with E-state index in [2.05, 4.69) is 129 Å². The molecule has 1 unspecified atom stereocenters. The molecule has 0 bridgehead atoms. The summed E-state index contributed by atoms with van der Waals surface area (Å²) in [5.74, 6) is 0.101. The van der Waals surface area contributed by atoms with Gasteiger partial charge in [-0.1, -0.05) is 86.1 Å². The highest BCUT2D eigenvalue weighted by Crippen LogP contribution is 2.61. The Hall–Kier alpha value is -3.22. The van der Waals surface area contributed by atoms with E-state index in [1.54, 1.807) is 0 Å². The quantitative estimate of drug-likeness (QED) is 0.299. The van der Waals surface area contributed by atoms with Crippen LogP contribution >= 0.6 is 7.26 Å². The molecule has 4 aromatic carbocycles. The molecular weight excluding hydrogens is 433 g/mol. The molecule has 0 aliphatic carbocycles. The summed E-state index contributed by atoms with van der Waals surface area (Å²) in [4.78, 5) is 14.3. The fraction of sp³-hybridized carbons (Fsp3) is 0.194. The minimum atomic E-state index is -2.32. The van der Waals surface area contributed by atoms with Crippen LogP contribution in [0, 0.1) is 13.8 Å². The number of para-hydroxylation sites is 1. The van der Waals surface area contributed by atoms with Crippen molar-refractivity contribution in [2.45, 2.75) is 39.3 Å². The maximum atomic E-state index is 14.3. The summed E-state index contributed by atoms with van der Waals surface area (Å²) < 4.78 is 0. The molecule has 0 radical (unpaired) electrons. The van der Waals surface area contributed by atoms with Crippen LogP contribution in [0.1, 0.15) is 30.9 Å². The first kappa shape index (κ1) is 23.9. The summed E-state index contributed by atoms with van der Waals surface area (Å²) in [6.07, 6.45) is 1.74. The average Bonchev–Trinajstić information content (AvgIpc) is 2.88. The first-order valence-electron chi connectivity index (χ1n) is 12.0. The van der Waals surface area contributed by atoms with Crippen LogP contribution in [0.2, 0.25) is 0 Å². The maximum Gasteiger partial charge on any atom is 0.266 e. The van der Waals surface area contributed by atoms with Gasteiger partial charge in [-0.2, -0.15) is 0 Å². The van der Waals surface area contributed by atoms with E-state index in [-0.39, 0.29) is 11.6 Å². The Morgan fingerprint density at radius 2 is 1.09 bits per heavy atom. The Kier molecular flexibility index (Phi) is 7.60. The first-order valence-corrected chi connectivity index (χ1v) is 13.9. The van der Waals surface area contributed by atoms with Gasteiger partial charge in [-0.05, 0) is 67.8 Å². The zero-order chi connectivity index (χ0) is 24.0. The number of nitrogens with one attached hydrogen (secondary N) is 1. The molecule has 4 aromatic rings. The summed E-state index contributed by atoms with van der Waals surface area (Å²) >= 11 is 0. The Balaban J connectivity index is 1.98. The highest BCUT2D eigenvalue weighted by Gasteiger charge is 2.55. The molecule has 0 fully saturated rings. The van der Waals surface area contributed by atoms with Crippen molar-refractivity contribution >= 4 is 34.8 Å². The van der Waals surface area contributed by atoms with Crippen molar-refractivity contribution in [3.05, 3.63) is 120 Å². The largest absolute Gasteiger partial charge is 0.322 e. The van der Waals surface area contributed by atoms with Crippen molar-refractivity contribution < 1.29 is 4.79 Å². The number of anilines is 1. The molecule has 1 atom stereocenters. The number of aryl methyl sites for hydroxylation is 2. The zero-order valence-corrected chi connectivity index (χ0v) is 21.1. The summed E-state index contributed by atoms with van der Waals surface area (Å²) in [6, 6.07) is 38.2. The minimum Gasteiger partial charge on any atom is -0.322 e. The molecule has 0 aliphatic rings. The van der Waals surface area contributed by atoms with Gasteiger partial charge in [0.25, 0.3) is 5.91 Å². The van der Waals surface area contributed by atoms with Gasteiger partial charge in [0, 0.05) is 5.69 Å². The number of hydrogen-bond acceptors (Lipinski definition) is 1. The predicted molar refractivity (Wildman–Crippen MR) is 148 cm³/mol. The van der Waals surface area contributed by atoms with Crippen molar-refractivity contribution in [2.75, 3.05) is 5.32 Å². The molecular formula is C31H33NOP+. The van der Waals surface area contributed by atoms with Gasteiger partial charge in [0.2, 0.25) is 0 Å². The second-order valence-electron chi connectivity index (χ2n) is 8.79. The molecule has 4 rings (SSSR count). The lowest BCUT2D eigenvalue weighted by Crippen LogP contribution is -2.44. The van der Waals surface area contributed by atoms with Crippen LogP contribution in [0.3, 0.4) is 0 Å². The molecule has 0 aliphatic heterocycles. The van der Waals surface area contributed by atoms with Gasteiger partial charge >= 0.3 is 0 Å². The summed E-state index contributed by atoms with van der Waals surface area (Å²) in [7, 11) is -2.32. The van der Waals surface area contributed by atoms with Crippen molar-refractivity contribution in [3.8, 4) is 0 Å². The number of rotatable bonds is 8. The lowest BCUT2D eigenvalue weighted by Gasteiger charge is -2.34. The topological polar surface area (TPSA) is 29.1 Å². The van der Waals surface area contributed by atoms with Crippen molar-refractivity contribution in [2.24, 2.45) is 0 Å². The molecule has 0 heterocycles. The van der Waals surface area contributed by atoms with Gasteiger partial charge in [-0.15, -0.1) is 0 Å². The summed E-state index contributed by atoms with van der Waals surface area (Å²) in [6.45, 7) is 6.30. The van der Waals surface area contributed by atoms with Gasteiger partial charge in [-0.25, -0.2) is 0 Å². The lowest BCUT2D eigenvalue weighted by atomic mass is 10.1. The molecule has 0 spiro atoms. The molecule has 3 heteroatoms. The Morgan fingerprint density at radius 1 is 0.676 bits per heavy atom. The molecule has 34 heavy (non-hydrogen) atoms. The molecule has 0 aromatic heterocycles. The highest BCUT2D eigenvalue weighted by molar-refractivity contribution is 7.96. The monoisotopic (exact) mass is 466 g/mol. The van der Waals surface area contributed by atoms with Gasteiger partial charge in [0.15, 0.2) is 5.66 Å². The maximum absolute atomic E-state index is 14.3. The smallest absolute Gasteiger partial charge is 0.266 e. The van der Waals surface area contributed by atoms with E-state index >= 15 is 0 Å². The fourth-order valence-corrected chi connectivity index (χ4v) is 9.93. The van der Waals surface area contributed by atoms with E-state index in [9.17, 15) is 4.79 Å². The van der Waals surface area contributed by atoms with Crippen LogP contribution in [-0.4, -0.2) is 11.6 Å². The Labute approximate surface area is 204 Å². The number of hydrogen-bond donors (Lipinski definition) is 1. The minimum absolute atomic E-state index is 0.101. The van der Waals surface area contributed by atoms with Crippen LogP contribution in [0.4, 0.5) is 5.69 Å². The second kappa shape index (κ2) is 10.8. The van der Waals surface area contributed by atoms with Crippen molar-refractivity contribution in [3.63, 3.8) is 0 Å². The van der Waals surface area contributed by atoms with Gasteiger partial charge in [0.1, 0.15) is 23.2 Å². The molecule has 1 N–H and O–H groups in total. The third-order valence-electron chi connectivity index (χ3n) is 6.55. The molecule has 172 valence electrons. The number of benzene rings is 4. The highest BCUT2D eigenvalue weighted by atomic mass is 31.2. The molecule has 0 saturated carbocycles. The average molecular weight is 467 g/mol. The SMILES string of the molecule is CCCC(C(=O)Nc1c(C)cccc1C)[P+](c1ccccc1)(c1ccccc1)c1ccccc1. The van der Waals surface area contributed by atoms with Gasteiger partial charge in [0.05, 0.1) is 0 Å². The van der Waals surface area contributed by atoms with Gasteiger partial charge in [-0.3, -0.25) is 4.79 Å². The number of carbonyl (C=O) groups excluding carboxylic acids is 1. The van der Waals surface area contributed by atoms with Crippen LogP contribution in [0.5, 0.6) is 0 Å². The molecule has 0 saturated heterocycles. The Bertz CT molecular complexity index is 1110. The number of amides is 1. The second-order valence-corrected chi connectivity index (χ2v) is 12.4. The van der Waals surface area contributed by atoms with Crippen molar-refractivity contribution in [1.82, 2.24) is 0 Å². The van der Waals surface area contributed by atoms with Gasteiger partial charge < -0.3 is 5.32 Å². The Morgan fingerprint density at radius 3 is 1.47 bits per heavy atom. The van der Waals surface area contributed by atoms with E-state index in [0.717, 1.165) is 29.7 Å². The molecule has 1 amide bonds. The van der Waals surface area contributed by atoms with Crippen LogP contribution in [0.15, 0.2) is 109 Å². The van der Waals surface area contributed by atoms with Crippen LogP contribution in [-0.2, 0) is 4.79 Å². The first-order chi connectivity index (χ1) is 16.6. The van der Waals surface area contributed by atoms with E-state index in [4.69, 9.17) is 0 Å². The van der Waals surface area contributed by atoms with Crippen molar-refractivity contribution in [1.29, 1.82) is 0 Å². The molecule has 2 nitrogen and oxygen atoms in total. The normalized spacial score (nSPS) is 12.2. The zero-order valence-electron chi connectivity index (χ0n) is 20.2. The fourth-order valence-electron chi connectivity index (χ4n) is 4.97. The summed E-state index contributed by atoms with van der Waals surface area (Å²) in [5, 5.41) is 7.08. The number of carbonyl (C=O) groups is 1. The standard InChI is InChI=1S/C31H32NOP/c1-4-15-29(31(33)32-30-24(2)16-14-17-25(30)3)34(26-18-8-5-9-19-26,27-20-10-6-11-21-27)28-22-12-7-13-23-28/h5-14,16-23,29H,4,15H2,1-3H3/p+1. The van der Waals surface area contributed by atoms with E-state index in [0.29, 0.717) is 0 Å². The van der Waals surface area contributed by atoms with E-state index < -0.39 is 7.26 Å². The third kappa shape index (κ3) is 4.56. The van der Waals surface area contributed by atoms with E-state index in [1.807, 2.05) is 6.07 Å². The summed E-state index contributed by atoms with van der Waals surface area (Å²) in [5.41, 5.74) is 2.92. The van der Waals surface area contributed by atoms with Crippen LogP contribution < -0.4 is 21.2 Å². The third-order valence-corrected chi connectivity index (χ3v) is 11.3. The lowest BCUT2D eigenvalue weighted by molar-refractivity contribution is -0.115. The predicted octanol–water partition coefficient (Wildman–Crippen LogP) is 6.40. The van der Waals surface area contributed by atoms with E-state index in [1.165, 1.54) is 15.9 Å². The van der Waals surface area contributed by atoms with Crippen LogP contribution in [0.25, 0.3) is 0 Å².